The van der Waals surface area contributed by atoms with Crippen molar-refractivity contribution in [1.82, 2.24) is 14.5 Å². The molecule has 0 radical (unpaired) electrons. The molecule has 0 N–H and O–H groups in total. The van der Waals surface area contributed by atoms with Crippen LogP contribution in [-0.4, -0.2) is 53.4 Å². The van der Waals surface area contributed by atoms with Crippen LogP contribution in [0.4, 0.5) is 5.69 Å². The van der Waals surface area contributed by atoms with Crippen molar-refractivity contribution in [1.29, 1.82) is 0 Å². The Morgan fingerprint density at radius 2 is 2.00 bits per heavy atom. The fourth-order valence-electron chi connectivity index (χ4n) is 3.66. The van der Waals surface area contributed by atoms with E-state index in [9.17, 15) is 9.59 Å². The molecule has 0 spiro atoms. The highest BCUT2D eigenvalue weighted by Gasteiger charge is 2.25. The third-order valence-corrected chi connectivity index (χ3v) is 5.03. The number of hydrogen-bond acceptors (Lipinski definition) is 5. The molecule has 4 rings (SSSR count). The van der Waals surface area contributed by atoms with E-state index in [2.05, 4.69) is 0 Å². The van der Waals surface area contributed by atoms with Crippen molar-refractivity contribution in [2.75, 3.05) is 32.1 Å². The second kappa shape index (κ2) is 7.67. The molecule has 7 nitrogen and oxygen atoms in total. The highest BCUT2D eigenvalue weighted by Crippen LogP contribution is 2.33. The van der Waals surface area contributed by atoms with Crippen molar-refractivity contribution < 1.29 is 14.3 Å². The number of rotatable bonds is 6. The molecule has 3 aromatic rings. The van der Waals surface area contributed by atoms with Crippen LogP contribution in [0.25, 0.3) is 11.0 Å². The molecule has 0 unspecified atom stereocenters. The summed E-state index contributed by atoms with van der Waals surface area (Å²) in [6.07, 6.45) is 0. The Bertz CT molecular complexity index is 1090. The van der Waals surface area contributed by atoms with Crippen LogP contribution in [0.3, 0.4) is 0 Å². The number of carbonyl (C=O) groups is 2. The van der Waals surface area contributed by atoms with Crippen molar-refractivity contribution in [3.05, 3.63) is 53.9 Å². The zero-order chi connectivity index (χ0) is 20.5. The van der Waals surface area contributed by atoms with E-state index in [4.69, 9.17) is 9.72 Å². The predicted octanol–water partition coefficient (Wildman–Crippen LogP) is 2.73. The average Bonchev–Trinajstić information content (AvgIpc) is 3.04. The van der Waals surface area contributed by atoms with E-state index in [0.717, 1.165) is 16.9 Å². The Balaban J connectivity index is 1.69. The van der Waals surface area contributed by atoms with Crippen molar-refractivity contribution in [3.8, 4) is 5.75 Å². The van der Waals surface area contributed by atoms with E-state index in [1.165, 1.54) is 0 Å². The molecule has 0 fully saturated rings. The zero-order valence-electron chi connectivity index (χ0n) is 16.9. The standard InChI is InChI=1S/C22H24N4O3/c1-4-25-18-11-15(9-10-20(18)29-14-22(25)28)19(27)12-26-17-8-6-5-7-16(17)23-21(26)13-24(2)3/h5-11H,4,12-14H2,1-3H3. The minimum Gasteiger partial charge on any atom is -0.482 e. The van der Waals surface area contributed by atoms with Crippen molar-refractivity contribution in [3.63, 3.8) is 0 Å². The molecule has 0 bridgehead atoms. The van der Waals surface area contributed by atoms with Crippen LogP contribution in [-0.2, 0) is 17.9 Å². The normalized spacial score (nSPS) is 13.7. The Kier molecular flexibility index (Phi) is 5.07. The Labute approximate surface area is 169 Å². The molecule has 150 valence electrons. The van der Waals surface area contributed by atoms with Gasteiger partial charge >= 0.3 is 0 Å². The summed E-state index contributed by atoms with van der Waals surface area (Å²) in [5.74, 6) is 1.34. The van der Waals surface area contributed by atoms with Gasteiger partial charge in [-0.2, -0.15) is 0 Å². The lowest BCUT2D eigenvalue weighted by Gasteiger charge is -2.28. The number of aromatic nitrogens is 2. The molecular weight excluding hydrogens is 368 g/mol. The number of benzene rings is 2. The summed E-state index contributed by atoms with van der Waals surface area (Å²) in [5.41, 5.74) is 3.01. The van der Waals surface area contributed by atoms with Crippen LogP contribution in [0.1, 0.15) is 23.1 Å². The lowest BCUT2D eigenvalue weighted by molar-refractivity contribution is -0.121. The summed E-state index contributed by atoms with van der Waals surface area (Å²) in [6.45, 7) is 3.29. The third-order valence-electron chi connectivity index (χ3n) is 5.03. The molecule has 29 heavy (non-hydrogen) atoms. The summed E-state index contributed by atoms with van der Waals surface area (Å²) in [6, 6.07) is 13.1. The highest BCUT2D eigenvalue weighted by atomic mass is 16.5. The molecule has 1 aromatic heterocycles. The number of ether oxygens (including phenoxy) is 1. The molecular formula is C22H24N4O3. The van der Waals surface area contributed by atoms with E-state index < -0.39 is 0 Å². The van der Waals surface area contributed by atoms with Gasteiger partial charge in [0.15, 0.2) is 12.4 Å². The molecule has 1 amide bonds. The number of nitrogens with zero attached hydrogens (tertiary/aromatic N) is 4. The first-order chi connectivity index (χ1) is 14.0. The zero-order valence-corrected chi connectivity index (χ0v) is 16.9. The lowest BCUT2D eigenvalue weighted by Crippen LogP contribution is -2.38. The average molecular weight is 392 g/mol. The minimum absolute atomic E-state index is 0.0308. The largest absolute Gasteiger partial charge is 0.482 e. The summed E-state index contributed by atoms with van der Waals surface area (Å²) in [4.78, 5) is 33.7. The first-order valence-corrected chi connectivity index (χ1v) is 9.67. The minimum atomic E-state index is -0.0986. The lowest BCUT2D eigenvalue weighted by atomic mass is 10.1. The van der Waals surface area contributed by atoms with Gasteiger partial charge in [0.2, 0.25) is 0 Å². The van der Waals surface area contributed by atoms with Gasteiger partial charge in [-0.25, -0.2) is 4.98 Å². The van der Waals surface area contributed by atoms with Gasteiger partial charge in [-0.15, -0.1) is 0 Å². The molecule has 1 aliphatic rings. The molecule has 2 heterocycles. The van der Waals surface area contributed by atoms with Crippen LogP contribution in [0.2, 0.25) is 0 Å². The number of hydrogen-bond donors (Lipinski definition) is 0. The molecule has 1 aliphatic heterocycles. The number of likely N-dealkylation sites (N-methyl/N-ethyl adjacent to an activating group) is 1. The van der Waals surface area contributed by atoms with Crippen molar-refractivity contribution >= 4 is 28.4 Å². The molecule has 0 aliphatic carbocycles. The molecule has 0 saturated heterocycles. The van der Waals surface area contributed by atoms with Gasteiger partial charge in [-0.1, -0.05) is 12.1 Å². The maximum atomic E-state index is 13.1. The monoisotopic (exact) mass is 392 g/mol. The first kappa shape index (κ1) is 19.1. The second-order valence-corrected chi connectivity index (χ2v) is 7.37. The quantitative estimate of drug-likeness (QED) is 0.604. The van der Waals surface area contributed by atoms with Gasteiger partial charge in [-0.05, 0) is 51.4 Å². The number of amides is 1. The van der Waals surface area contributed by atoms with Gasteiger partial charge < -0.3 is 19.1 Å². The van der Waals surface area contributed by atoms with E-state index >= 15 is 0 Å². The van der Waals surface area contributed by atoms with Crippen molar-refractivity contribution in [2.45, 2.75) is 20.0 Å². The van der Waals surface area contributed by atoms with Gasteiger partial charge in [-0.3, -0.25) is 9.59 Å². The second-order valence-electron chi connectivity index (χ2n) is 7.37. The third kappa shape index (κ3) is 3.61. The van der Waals surface area contributed by atoms with Gasteiger partial charge in [0.25, 0.3) is 5.91 Å². The number of imidazole rings is 1. The van der Waals surface area contributed by atoms with Gasteiger partial charge in [0.1, 0.15) is 11.6 Å². The van der Waals surface area contributed by atoms with E-state index in [0.29, 0.717) is 30.1 Å². The Morgan fingerprint density at radius 1 is 1.21 bits per heavy atom. The molecule has 2 aromatic carbocycles. The number of anilines is 1. The van der Waals surface area contributed by atoms with Crippen LogP contribution in [0.15, 0.2) is 42.5 Å². The van der Waals surface area contributed by atoms with Crippen LogP contribution in [0.5, 0.6) is 5.75 Å². The molecule has 7 heteroatoms. The number of carbonyl (C=O) groups excluding carboxylic acids is 2. The number of Topliss-reactive ketones (excluding diaryl/α,β-unsaturated/α-hetero) is 1. The predicted molar refractivity (Wildman–Crippen MR) is 111 cm³/mol. The van der Waals surface area contributed by atoms with Crippen LogP contribution >= 0.6 is 0 Å². The summed E-state index contributed by atoms with van der Waals surface area (Å²) in [5, 5.41) is 0. The fraction of sp³-hybridized carbons (Fsp3) is 0.318. The Hall–Kier alpha value is -3.19. The number of ketones is 1. The number of para-hydroxylation sites is 2. The molecule has 0 atom stereocenters. The molecule has 0 saturated carbocycles. The first-order valence-electron chi connectivity index (χ1n) is 9.67. The summed E-state index contributed by atoms with van der Waals surface area (Å²) < 4.78 is 7.47. The topological polar surface area (TPSA) is 67.7 Å². The SMILES string of the molecule is CCN1C(=O)COc2ccc(C(=O)Cn3c(CN(C)C)nc4ccccc43)cc21. The van der Waals surface area contributed by atoms with E-state index in [1.54, 1.807) is 23.1 Å². The maximum Gasteiger partial charge on any atom is 0.265 e. The Morgan fingerprint density at radius 3 is 2.76 bits per heavy atom. The van der Waals surface area contributed by atoms with E-state index in [1.807, 2.05) is 54.8 Å². The van der Waals surface area contributed by atoms with Gasteiger partial charge in [0, 0.05) is 12.1 Å². The highest BCUT2D eigenvalue weighted by molar-refractivity contribution is 6.02. The smallest absolute Gasteiger partial charge is 0.265 e. The number of fused-ring (bicyclic) bond motifs is 2. The van der Waals surface area contributed by atoms with Crippen LogP contribution in [0, 0.1) is 0 Å². The maximum absolute atomic E-state index is 13.1. The summed E-state index contributed by atoms with van der Waals surface area (Å²) >= 11 is 0. The summed E-state index contributed by atoms with van der Waals surface area (Å²) in [7, 11) is 3.96. The fourth-order valence-corrected chi connectivity index (χ4v) is 3.66. The van der Waals surface area contributed by atoms with Crippen molar-refractivity contribution in [2.24, 2.45) is 0 Å². The van der Waals surface area contributed by atoms with Gasteiger partial charge in [0.05, 0.1) is 29.8 Å². The van der Waals surface area contributed by atoms with E-state index in [-0.39, 0.29) is 24.8 Å². The van der Waals surface area contributed by atoms with Crippen LogP contribution < -0.4 is 9.64 Å².